The Morgan fingerprint density at radius 2 is 1.96 bits per heavy atom. The number of hydrogen-bond acceptors (Lipinski definition) is 4. The summed E-state index contributed by atoms with van der Waals surface area (Å²) in [6.07, 6.45) is 3.43. The van der Waals surface area contributed by atoms with E-state index in [0.29, 0.717) is 23.0 Å². The van der Waals surface area contributed by atoms with Crippen molar-refractivity contribution in [3.8, 4) is 0 Å². The highest BCUT2D eigenvalue weighted by molar-refractivity contribution is 7.99. The zero-order valence-corrected chi connectivity index (χ0v) is 15.2. The van der Waals surface area contributed by atoms with Gasteiger partial charge in [-0.15, -0.1) is 0 Å². The van der Waals surface area contributed by atoms with E-state index in [1.165, 1.54) is 0 Å². The first kappa shape index (κ1) is 16.8. The predicted octanol–water partition coefficient (Wildman–Crippen LogP) is 4.79. The number of fused-ring (bicyclic) bond motifs is 2. The molecule has 1 aromatic heterocycles. The number of carbonyl (C=O) groups is 1. The minimum absolute atomic E-state index is 0.158. The summed E-state index contributed by atoms with van der Waals surface area (Å²) in [5.74, 6) is -0.158. The summed E-state index contributed by atoms with van der Waals surface area (Å²) in [6, 6.07) is 17.1. The van der Waals surface area contributed by atoms with Crippen LogP contribution in [-0.4, -0.2) is 16.1 Å². The lowest BCUT2D eigenvalue weighted by Gasteiger charge is -2.08. The second kappa shape index (κ2) is 7.32. The topological polar surface area (TPSA) is 54.4 Å². The van der Waals surface area contributed by atoms with Crippen molar-refractivity contribution in [1.29, 1.82) is 0 Å². The molecule has 2 heterocycles. The third-order valence-corrected chi connectivity index (χ3v) is 5.37. The molecule has 1 N–H and O–H groups in total. The van der Waals surface area contributed by atoms with Crippen molar-refractivity contribution in [1.82, 2.24) is 10.3 Å². The summed E-state index contributed by atoms with van der Waals surface area (Å²) in [6.45, 7) is 0.425. The standard InChI is InChI=1S/C20H14ClN3OS/c21-19-15-5-1-2-6-17(15)26-18-8-7-14(10-16(18)24-19)20(25)23-12-13-4-3-9-22-11-13/h1-11H,12H2,(H,23,25). The Bertz CT molecular complexity index is 1000. The number of nitrogens with one attached hydrogen (secondary N) is 1. The Hall–Kier alpha value is -2.63. The molecule has 0 radical (unpaired) electrons. The number of aromatic nitrogens is 1. The SMILES string of the molecule is O=C(NCc1cccnc1)c1ccc2c(c1)N=C(Cl)c1ccccc1S2. The van der Waals surface area contributed by atoms with Gasteiger partial charge in [-0.25, -0.2) is 4.99 Å². The van der Waals surface area contributed by atoms with E-state index in [4.69, 9.17) is 11.6 Å². The molecule has 0 aliphatic carbocycles. The van der Waals surface area contributed by atoms with Crippen LogP contribution in [0.2, 0.25) is 0 Å². The van der Waals surface area contributed by atoms with Gasteiger partial charge in [0, 0.05) is 39.9 Å². The third-order valence-electron chi connectivity index (χ3n) is 3.94. The number of carbonyl (C=O) groups excluding carboxylic acids is 1. The van der Waals surface area contributed by atoms with Gasteiger partial charge in [0.25, 0.3) is 5.91 Å². The van der Waals surface area contributed by atoms with Crippen LogP contribution >= 0.6 is 23.4 Å². The molecule has 0 spiro atoms. The highest BCUT2D eigenvalue weighted by Crippen LogP contribution is 2.41. The van der Waals surface area contributed by atoms with Gasteiger partial charge in [-0.05, 0) is 35.9 Å². The number of nitrogens with zero attached hydrogens (tertiary/aromatic N) is 2. The molecule has 0 unspecified atom stereocenters. The lowest BCUT2D eigenvalue weighted by molar-refractivity contribution is 0.0951. The Morgan fingerprint density at radius 1 is 1.08 bits per heavy atom. The maximum atomic E-state index is 12.5. The molecule has 2 aromatic carbocycles. The summed E-state index contributed by atoms with van der Waals surface area (Å²) >= 11 is 7.98. The molecular weight excluding hydrogens is 366 g/mol. The van der Waals surface area contributed by atoms with Crippen LogP contribution in [0.5, 0.6) is 0 Å². The average molecular weight is 380 g/mol. The maximum Gasteiger partial charge on any atom is 0.251 e. The van der Waals surface area contributed by atoms with Crippen LogP contribution in [0.1, 0.15) is 21.5 Å². The van der Waals surface area contributed by atoms with Crippen molar-refractivity contribution < 1.29 is 4.79 Å². The Labute approximate surface area is 160 Å². The molecule has 0 bridgehead atoms. The van der Waals surface area contributed by atoms with Gasteiger partial charge >= 0.3 is 0 Å². The predicted molar refractivity (Wildman–Crippen MR) is 104 cm³/mol. The molecule has 4 nitrogen and oxygen atoms in total. The molecule has 4 rings (SSSR count). The fourth-order valence-electron chi connectivity index (χ4n) is 2.63. The summed E-state index contributed by atoms with van der Waals surface area (Å²) in [7, 11) is 0. The van der Waals surface area contributed by atoms with Crippen molar-refractivity contribution in [3.05, 3.63) is 83.7 Å². The van der Waals surface area contributed by atoms with Gasteiger partial charge in [0.1, 0.15) is 5.17 Å². The lowest BCUT2D eigenvalue weighted by Crippen LogP contribution is -2.22. The molecule has 0 saturated carbocycles. The highest BCUT2D eigenvalue weighted by atomic mass is 35.5. The molecule has 128 valence electrons. The second-order valence-corrected chi connectivity index (χ2v) is 7.17. The molecule has 1 amide bonds. The van der Waals surface area contributed by atoms with Crippen molar-refractivity contribution in [2.75, 3.05) is 0 Å². The van der Waals surface area contributed by atoms with E-state index in [2.05, 4.69) is 15.3 Å². The molecule has 0 fully saturated rings. The number of rotatable bonds is 3. The van der Waals surface area contributed by atoms with Crippen molar-refractivity contribution in [2.24, 2.45) is 4.99 Å². The van der Waals surface area contributed by atoms with Gasteiger partial charge in [0.2, 0.25) is 0 Å². The average Bonchev–Trinajstić information content (AvgIpc) is 2.82. The summed E-state index contributed by atoms with van der Waals surface area (Å²) in [5.41, 5.74) is 3.10. The summed E-state index contributed by atoms with van der Waals surface area (Å²) < 4.78 is 0. The number of aliphatic imine (C=N–C) groups is 1. The number of pyridine rings is 1. The van der Waals surface area contributed by atoms with Crippen LogP contribution < -0.4 is 5.32 Å². The molecule has 6 heteroatoms. The fraction of sp³-hybridized carbons (Fsp3) is 0.0500. The maximum absolute atomic E-state index is 12.5. The summed E-state index contributed by atoms with van der Waals surface area (Å²) in [5, 5.41) is 3.33. The number of hydrogen-bond donors (Lipinski definition) is 1. The van der Waals surface area contributed by atoms with Crippen LogP contribution in [0.15, 0.2) is 81.8 Å². The van der Waals surface area contributed by atoms with E-state index in [9.17, 15) is 4.79 Å². The highest BCUT2D eigenvalue weighted by Gasteiger charge is 2.17. The first-order valence-corrected chi connectivity index (χ1v) is 9.23. The third kappa shape index (κ3) is 3.49. The summed E-state index contributed by atoms with van der Waals surface area (Å²) in [4.78, 5) is 23.0. The van der Waals surface area contributed by atoms with Gasteiger partial charge in [-0.3, -0.25) is 9.78 Å². The van der Waals surface area contributed by atoms with E-state index >= 15 is 0 Å². The Balaban J connectivity index is 1.58. The molecule has 3 aromatic rings. The quantitative estimate of drug-likeness (QED) is 0.711. The number of halogens is 1. The number of amides is 1. The molecular formula is C20H14ClN3OS. The molecule has 1 aliphatic rings. The van der Waals surface area contributed by atoms with Crippen molar-refractivity contribution >= 4 is 40.1 Å². The molecule has 26 heavy (non-hydrogen) atoms. The minimum atomic E-state index is -0.158. The van der Waals surface area contributed by atoms with Gasteiger partial charge in [0.15, 0.2) is 0 Å². The lowest BCUT2D eigenvalue weighted by atomic mass is 10.2. The van der Waals surface area contributed by atoms with Crippen LogP contribution in [0.4, 0.5) is 5.69 Å². The fourth-order valence-corrected chi connectivity index (χ4v) is 3.95. The van der Waals surface area contributed by atoms with Gasteiger partial charge < -0.3 is 5.32 Å². The second-order valence-electron chi connectivity index (χ2n) is 5.73. The van der Waals surface area contributed by atoms with E-state index in [0.717, 1.165) is 20.9 Å². The van der Waals surface area contributed by atoms with Gasteiger partial charge in [-0.1, -0.05) is 47.6 Å². The van der Waals surface area contributed by atoms with Gasteiger partial charge in [0.05, 0.1) is 5.69 Å². The zero-order chi connectivity index (χ0) is 17.9. The van der Waals surface area contributed by atoms with Crippen molar-refractivity contribution in [2.45, 2.75) is 16.3 Å². The van der Waals surface area contributed by atoms with Crippen LogP contribution in [0, 0.1) is 0 Å². The molecule has 0 saturated heterocycles. The van der Waals surface area contributed by atoms with E-state index in [-0.39, 0.29) is 5.91 Å². The van der Waals surface area contributed by atoms with Crippen molar-refractivity contribution in [3.63, 3.8) is 0 Å². The smallest absolute Gasteiger partial charge is 0.251 e. The molecule has 1 aliphatic heterocycles. The van der Waals surface area contributed by atoms with Crippen LogP contribution in [-0.2, 0) is 6.54 Å². The normalized spacial score (nSPS) is 12.4. The largest absolute Gasteiger partial charge is 0.348 e. The zero-order valence-electron chi connectivity index (χ0n) is 13.6. The monoisotopic (exact) mass is 379 g/mol. The first-order chi connectivity index (χ1) is 12.7. The van der Waals surface area contributed by atoms with Crippen LogP contribution in [0.25, 0.3) is 0 Å². The first-order valence-electron chi connectivity index (χ1n) is 8.03. The van der Waals surface area contributed by atoms with E-state index in [1.807, 2.05) is 48.5 Å². The minimum Gasteiger partial charge on any atom is -0.348 e. The van der Waals surface area contributed by atoms with Gasteiger partial charge in [-0.2, -0.15) is 0 Å². The van der Waals surface area contributed by atoms with E-state index in [1.54, 1.807) is 30.2 Å². The number of benzene rings is 2. The van der Waals surface area contributed by atoms with E-state index < -0.39 is 0 Å². The Kier molecular flexibility index (Phi) is 4.73. The molecule has 0 atom stereocenters. The Morgan fingerprint density at radius 3 is 2.81 bits per heavy atom. The van der Waals surface area contributed by atoms with Crippen LogP contribution in [0.3, 0.4) is 0 Å².